The average Bonchev–Trinajstić information content (AvgIpc) is 2.98. The molecule has 88 valence electrons. The summed E-state index contributed by atoms with van der Waals surface area (Å²) in [6.45, 7) is 3.72. The number of aryl methyl sites for hydroxylation is 1. The van der Waals surface area contributed by atoms with Gasteiger partial charge in [-0.2, -0.15) is 4.98 Å². The molecule has 0 radical (unpaired) electrons. The van der Waals surface area contributed by atoms with Gasteiger partial charge in [-0.05, 0) is 5.56 Å². The van der Waals surface area contributed by atoms with E-state index in [9.17, 15) is 0 Å². The molecule has 2 aromatic rings. The molecule has 0 spiro atoms. The molecule has 1 aromatic carbocycles. The largest absolute Gasteiger partial charge is 0.340 e. The van der Waals surface area contributed by atoms with Gasteiger partial charge in [-0.3, -0.25) is 0 Å². The van der Waals surface area contributed by atoms with Gasteiger partial charge in [-0.25, -0.2) is 0 Å². The Bertz CT molecular complexity index is 494. The second-order valence-electron chi connectivity index (χ2n) is 4.45. The molecule has 0 saturated carbocycles. The standard InChI is InChI=1S/C13H15N3O/c1-9-15-13(16-17-9)12-8-14-7-11(12)10-5-3-2-4-6-10/h2-6,11-12,14H,7-8H2,1H3. The normalized spacial score (nSPS) is 24.1. The lowest BCUT2D eigenvalue weighted by atomic mass is 9.88. The highest BCUT2D eigenvalue weighted by Crippen LogP contribution is 2.34. The van der Waals surface area contributed by atoms with Crippen molar-refractivity contribution in [2.75, 3.05) is 13.1 Å². The molecule has 1 N–H and O–H groups in total. The van der Waals surface area contributed by atoms with Gasteiger partial charge in [0.1, 0.15) is 0 Å². The summed E-state index contributed by atoms with van der Waals surface area (Å²) in [5, 5.41) is 7.45. The van der Waals surface area contributed by atoms with Crippen LogP contribution in [0.25, 0.3) is 0 Å². The van der Waals surface area contributed by atoms with Crippen LogP contribution < -0.4 is 5.32 Å². The van der Waals surface area contributed by atoms with Crippen molar-refractivity contribution in [2.45, 2.75) is 18.8 Å². The Morgan fingerprint density at radius 3 is 2.65 bits per heavy atom. The monoisotopic (exact) mass is 229 g/mol. The summed E-state index contributed by atoms with van der Waals surface area (Å²) in [5.41, 5.74) is 1.34. The van der Waals surface area contributed by atoms with Gasteiger partial charge in [-0.15, -0.1) is 0 Å². The van der Waals surface area contributed by atoms with Gasteiger partial charge < -0.3 is 9.84 Å². The molecule has 1 aromatic heterocycles. The second kappa shape index (κ2) is 4.30. The van der Waals surface area contributed by atoms with Crippen molar-refractivity contribution in [2.24, 2.45) is 0 Å². The van der Waals surface area contributed by atoms with Gasteiger partial charge in [0.15, 0.2) is 5.82 Å². The van der Waals surface area contributed by atoms with Crippen molar-refractivity contribution in [3.63, 3.8) is 0 Å². The third kappa shape index (κ3) is 1.96. The smallest absolute Gasteiger partial charge is 0.223 e. The molecule has 1 fully saturated rings. The summed E-state index contributed by atoms with van der Waals surface area (Å²) >= 11 is 0. The van der Waals surface area contributed by atoms with E-state index in [0.29, 0.717) is 17.7 Å². The Kier molecular flexibility index (Phi) is 2.65. The van der Waals surface area contributed by atoms with Gasteiger partial charge in [0, 0.05) is 31.8 Å². The zero-order valence-electron chi connectivity index (χ0n) is 9.76. The van der Waals surface area contributed by atoms with Crippen LogP contribution in [-0.2, 0) is 0 Å². The highest BCUT2D eigenvalue weighted by molar-refractivity contribution is 5.25. The van der Waals surface area contributed by atoms with E-state index in [2.05, 4.69) is 39.7 Å². The van der Waals surface area contributed by atoms with E-state index in [0.717, 1.165) is 18.9 Å². The van der Waals surface area contributed by atoms with E-state index in [1.807, 2.05) is 13.0 Å². The molecule has 4 heteroatoms. The summed E-state index contributed by atoms with van der Waals surface area (Å²) in [7, 11) is 0. The summed E-state index contributed by atoms with van der Waals surface area (Å²) in [6.07, 6.45) is 0. The average molecular weight is 229 g/mol. The predicted octanol–water partition coefficient (Wildman–Crippen LogP) is 1.85. The lowest BCUT2D eigenvalue weighted by molar-refractivity contribution is 0.382. The van der Waals surface area contributed by atoms with Crippen LogP contribution in [0.1, 0.15) is 29.1 Å². The van der Waals surface area contributed by atoms with E-state index < -0.39 is 0 Å². The molecule has 0 bridgehead atoms. The Hall–Kier alpha value is -1.68. The summed E-state index contributed by atoms with van der Waals surface area (Å²) < 4.78 is 5.07. The zero-order chi connectivity index (χ0) is 11.7. The fraction of sp³-hybridized carbons (Fsp3) is 0.385. The third-order valence-electron chi connectivity index (χ3n) is 3.32. The molecule has 3 rings (SSSR count). The minimum absolute atomic E-state index is 0.315. The maximum absolute atomic E-state index is 5.07. The lowest BCUT2D eigenvalue weighted by Gasteiger charge is -2.15. The maximum atomic E-state index is 5.07. The highest BCUT2D eigenvalue weighted by Gasteiger charge is 2.32. The molecule has 0 aliphatic carbocycles. The molecule has 1 saturated heterocycles. The summed E-state index contributed by atoms with van der Waals surface area (Å²) in [4.78, 5) is 4.35. The first-order chi connectivity index (χ1) is 8.34. The molecule has 1 aliphatic rings. The van der Waals surface area contributed by atoms with Gasteiger partial charge >= 0.3 is 0 Å². The molecule has 17 heavy (non-hydrogen) atoms. The van der Waals surface area contributed by atoms with Gasteiger partial charge in [0.05, 0.1) is 0 Å². The van der Waals surface area contributed by atoms with Gasteiger partial charge in [0.25, 0.3) is 0 Å². The van der Waals surface area contributed by atoms with E-state index >= 15 is 0 Å². The van der Waals surface area contributed by atoms with Crippen molar-refractivity contribution >= 4 is 0 Å². The number of aromatic nitrogens is 2. The number of nitrogens with zero attached hydrogens (tertiary/aromatic N) is 2. The summed E-state index contributed by atoms with van der Waals surface area (Å²) in [6, 6.07) is 10.5. The lowest BCUT2D eigenvalue weighted by Crippen LogP contribution is -2.10. The van der Waals surface area contributed by atoms with E-state index in [1.165, 1.54) is 5.56 Å². The van der Waals surface area contributed by atoms with Crippen LogP contribution in [0.5, 0.6) is 0 Å². The first-order valence-corrected chi connectivity index (χ1v) is 5.90. The van der Waals surface area contributed by atoms with Crippen LogP contribution in [-0.4, -0.2) is 23.2 Å². The highest BCUT2D eigenvalue weighted by atomic mass is 16.5. The van der Waals surface area contributed by atoms with Gasteiger partial charge in [-0.1, -0.05) is 35.5 Å². The van der Waals surface area contributed by atoms with Crippen molar-refractivity contribution in [3.8, 4) is 0 Å². The van der Waals surface area contributed by atoms with Crippen molar-refractivity contribution in [1.82, 2.24) is 15.5 Å². The maximum Gasteiger partial charge on any atom is 0.223 e. The second-order valence-corrected chi connectivity index (χ2v) is 4.45. The van der Waals surface area contributed by atoms with Crippen LogP contribution in [0.15, 0.2) is 34.9 Å². The Balaban J connectivity index is 1.90. The summed E-state index contributed by atoms with van der Waals surface area (Å²) in [5.74, 6) is 2.21. The Morgan fingerprint density at radius 2 is 1.94 bits per heavy atom. The molecule has 4 nitrogen and oxygen atoms in total. The minimum atomic E-state index is 0.315. The minimum Gasteiger partial charge on any atom is -0.340 e. The fourth-order valence-corrected chi connectivity index (χ4v) is 2.47. The van der Waals surface area contributed by atoms with Crippen LogP contribution in [0, 0.1) is 6.92 Å². The quantitative estimate of drug-likeness (QED) is 0.853. The first-order valence-electron chi connectivity index (χ1n) is 5.90. The Morgan fingerprint density at radius 1 is 1.18 bits per heavy atom. The van der Waals surface area contributed by atoms with Crippen LogP contribution in [0.3, 0.4) is 0 Å². The number of nitrogens with one attached hydrogen (secondary N) is 1. The van der Waals surface area contributed by atoms with Crippen molar-refractivity contribution in [1.29, 1.82) is 0 Å². The first kappa shape index (κ1) is 10.5. The molecule has 1 aliphatic heterocycles. The number of rotatable bonds is 2. The molecule has 2 atom stereocenters. The van der Waals surface area contributed by atoms with Crippen LogP contribution in [0.2, 0.25) is 0 Å². The molecule has 2 unspecified atom stereocenters. The number of benzene rings is 1. The number of hydrogen-bond donors (Lipinski definition) is 1. The molecular formula is C13H15N3O. The SMILES string of the molecule is Cc1nc(C2CNCC2c2ccccc2)no1. The van der Waals surface area contributed by atoms with Crippen molar-refractivity contribution < 1.29 is 4.52 Å². The van der Waals surface area contributed by atoms with Gasteiger partial charge in [0.2, 0.25) is 5.89 Å². The zero-order valence-corrected chi connectivity index (χ0v) is 9.76. The predicted molar refractivity (Wildman–Crippen MR) is 63.8 cm³/mol. The molecule has 0 amide bonds. The third-order valence-corrected chi connectivity index (χ3v) is 3.32. The van der Waals surface area contributed by atoms with E-state index in [1.54, 1.807) is 0 Å². The van der Waals surface area contributed by atoms with Crippen molar-refractivity contribution in [3.05, 3.63) is 47.6 Å². The van der Waals surface area contributed by atoms with E-state index in [-0.39, 0.29) is 0 Å². The Labute approximate surface area is 100 Å². The molecule has 2 heterocycles. The van der Waals surface area contributed by atoms with E-state index in [4.69, 9.17) is 4.52 Å². The van der Waals surface area contributed by atoms with Crippen LogP contribution in [0.4, 0.5) is 0 Å². The van der Waals surface area contributed by atoms with Crippen LogP contribution >= 0.6 is 0 Å². The molecular weight excluding hydrogens is 214 g/mol. The topological polar surface area (TPSA) is 51.0 Å². The number of hydrogen-bond acceptors (Lipinski definition) is 4. The fourth-order valence-electron chi connectivity index (χ4n) is 2.47.